The Morgan fingerprint density at radius 3 is 1.55 bits per heavy atom. The van der Waals surface area contributed by atoms with Gasteiger partial charge in [0.05, 0.1) is 0 Å². The van der Waals surface area contributed by atoms with E-state index in [1.54, 1.807) is 0 Å². The van der Waals surface area contributed by atoms with Crippen molar-refractivity contribution >= 4 is 17.1 Å². The van der Waals surface area contributed by atoms with Crippen LogP contribution in [0.3, 0.4) is 0 Å². The largest absolute Gasteiger partial charge is 0.310 e. The third-order valence-electron chi connectivity index (χ3n) is 10.4. The van der Waals surface area contributed by atoms with E-state index >= 15 is 0 Å². The van der Waals surface area contributed by atoms with Gasteiger partial charge in [0.2, 0.25) is 0 Å². The Morgan fingerprint density at radius 1 is 0.500 bits per heavy atom. The van der Waals surface area contributed by atoms with Crippen molar-refractivity contribution in [2.45, 2.75) is 86.0 Å². The molecule has 0 spiro atoms. The molecule has 4 rings (SSSR count). The first-order chi connectivity index (χ1) is 19.2. The number of anilines is 3. The Balaban J connectivity index is 1.84. The number of para-hydroxylation sites is 1. The molecule has 0 aliphatic carbocycles. The molecule has 210 valence electrons. The Hall–Kier alpha value is -3.32. The molecule has 1 heteroatoms. The maximum Gasteiger partial charge on any atom is 0.0464 e. The molecule has 0 amide bonds. The number of benzene rings is 4. The summed E-state index contributed by atoms with van der Waals surface area (Å²) in [4.78, 5) is 2.41. The molecule has 1 nitrogen and oxygen atoms in total. The Bertz CT molecular complexity index is 1330. The second-order valence-electron chi connectivity index (χ2n) is 12.4. The van der Waals surface area contributed by atoms with Crippen LogP contribution in [0.25, 0.3) is 11.1 Å². The monoisotopic (exact) mass is 531 g/mol. The van der Waals surface area contributed by atoms with Gasteiger partial charge in [0.25, 0.3) is 0 Å². The lowest BCUT2D eigenvalue weighted by molar-refractivity contribution is 0.0728. The zero-order valence-electron chi connectivity index (χ0n) is 25.9. The predicted octanol–water partition coefficient (Wildman–Crippen LogP) is 12.1. The van der Waals surface area contributed by atoms with Crippen molar-refractivity contribution in [3.8, 4) is 11.1 Å². The van der Waals surface area contributed by atoms with Gasteiger partial charge >= 0.3 is 0 Å². The van der Waals surface area contributed by atoms with E-state index in [1.807, 2.05) is 0 Å². The Kier molecular flexibility index (Phi) is 9.24. The molecule has 4 aromatic carbocycles. The van der Waals surface area contributed by atoms with Crippen molar-refractivity contribution in [3.63, 3.8) is 0 Å². The molecule has 0 radical (unpaired) electrons. The zero-order chi connectivity index (χ0) is 28.8. The molecule has 0 aromatic heterocycles. The fourth-order valence-corrected chi connectivity index (χ4v) is 6.49. The van der Waals surface area contributed by atoms with Gasteiger partial charge in [0, 0.05) is 17.1 Å². The zero-order valence-corrected chi connectivity index (χ0v) is 25.9. The number of nitrogens with zero attached hydrogens (tertiary/aromatic N) is 1. The van der Waals surface area contributed by atoms with Crippen LogP contribution >= 0.6 is 0 Å². The second kappa shape index (κ2) is 12.5. The predicted molar refractivity (Wildman–Crippen MR) is 176 cm³/mol. The minimum atomic E-state index is 0.0484. The normalized spacial score (nSPS) is 13.6. The van der Waals surface area contributed by atoms with Crippen LogP contribution in [0.4, 0.5) is 17.1 Å². The van der Waals surface area contributed by atoms with Crippen molar-refractivity contribution in [2.24, 2.45) is 10.8 Å². The van der Waals surface area contributed by atoms with Crippen LogP contribution in [-0.2, 0) is 5.41 Å². The van der Waals surface area contributed by atoms with Crippen LogP contribution in [0, 0.1) is 10.8 Å². The SMILES string of the molecule is CCC(C)(CC)CC(C)(c1cccc(N(c2ccccc2)c2ccc(-c3ccccc3)cc2)c1)C(C)(CC)CC. The van der Waals surface area contributed by atoms with Crippen LogP contribution in [0.1, 0.15) is 86.1 Å². The molecule has 0 aliphatic rings. The van der Waals surface area contributed by atoms with Crippen molar-refractivity contribution in [1.29, 1.82) is 0 Å². The highest BCUT2D eigenvalue weighted by atomic mass is 15.1. The molecule has 40 heavy (non-hydrogen) atoms. The van der Waals surface area contributed by atoms with Gasteiger partial charge in [0.1, 0.15) is 0 Å². The molecule has 0 N–H and O–H groups in total. The molecule has 4 aromatic rings. The quantitative estimate of drug-likeness (QED) is 0.176. The summed E-state index contributed by atoms with van der Waals surface area (Å²) in [7, 11) is 0. The number of hydrogen-bond donors (Lipinski definition) is 0. The van der Waals surface area contributed by atoms with E-state index in [-0.39, 0.29) is 10.8 Å². The molecule has 0 saturated carbocycles. The molecule has 1 atom stereocenters. The minimum Gasteiger partial charge on any atom is -0.310 e. The van der Waals surface area contributed by atoms with E-state index in [9.17, 15) is 0 Å². The Morgan fingerprint density at radius 2 is 1.00 bits per heavy atom. The summed E-state index contributed by atoms with van der Waals surface area (Å²) < 4.78 is 0. The summed E-state index contributed by atoms with van der Waals surface area (Å²) in [5.74, 6) is 0. The molecule has 0 bridgehead atoms. The van der Waals surface area contributed by atoms with E-state index in [1.165, 1.54) is 53.0 Å². The van der Waals surface area contributed by atoms with Crippen molar-refractivity contribution in [1.82, 2.24) is 0 Å². The summed E-state index contributed by atoms with van der Waals surface area (Å²) in [6, 6.07) is 39.8. The summed E-state index contributed by atoms with van der Waals surface area (Å²) in [5, 5.41) is 0. The maximum absolute atomic E-state index is 2.55. The summed E-state index contributed by atoms with van der Waals surface area (Å²) in [6.07, 6.45) is 5.91. The first kappa shape index (κ1) is 29.7. The topological polar surface area (TPSA) is 3.24 Å². The lowest BCUT2D eigenvalue weighted by Gasteiger charge is -2.51. The van der Waals surface area contributed by atoms with Gasteiger partial charge in [-0.2, -0.15) is 0 Å². The van der Waals surface area contributed by atoms with Crippen molar-refractivity contribution < 1.29 is 0 Å². The fraction of sp³-hybridized carbons (Fsp3) is 0.385. The molecular formula is C39H49N. The fourth-order valence-electron chi connectivity index (χ4n) is 6.49. The van der Waals surface area contributed by atoms with Crippen molar-refractivity contribution in [3.05, 3.63) is 115 Å². The highest BCUT2D eigenvalue weighted by Gasteiger charge is 2.46. The van der Waals surface area contributed by atoms with E-state index in [0.29, 0.717) is 5.41 Å². The smallest absolute Gasteiger partial charge is 0.0464 e. The molecule has 1 unspecified atom stereocenters. The molecule has 0 heterocycles. The highest BCUT2D eigenvalue weighted by Crippen LogP contribution is 2.54. The van der Waals surface area contributed by atoms with Crippen LogP contribution in [0.2, 0.25) is 0 Å². The second-order valence-corrected chi connectivity index (χ2v) is 12.4. The average Bonchev–Trinajstić information content (AvgIpc) is 3.02. The van der Waals surface area contributed by atoms with E-state index < -0.39 is 0 Å². The van der Waals surface area contributed by atoms with E-state index in [0.717, 1.165) is 12.8 Å². The van der Waals surface area contributed by atoms with Gasteiger partial charge in [-0.25, -0.2) is 0 Å². The van der Waals surface area contributed by atoms with Gasteiger partial charge in [-0.05, 0) is 88.6 Å². The first-order valence-corrected chi connectivity index (χ1v) is 15.3. The van der Waals surface area contributed by atoms with Crippen LogP contribution in [0.15, 0.2) is 109 Å². The van der Waals surface area contributed by atoms with Gasteiger partial charge in [-0.15, -0.1) is 0 Å². The van der Waals surface area contributed by atoms with Crippen LogP contribution in [0.5, 0.6) is 0 Å². The highest BCUT2D eigenvalue weighted by molar-refractivity contribution is 5.78. The maximum atomic E-state index is 2.55. The summed E-state index contributed by atoms with van der Waals surface area (Å²) in [5.41, 5.74) is 8.05. The van der Waals surface area contributed by atoms with Gasteiger partial charge in [0.15, 0.2) is 0 Å². The lowest BCUT2D eigenvalue weighted by Crippen LogP contribution is -2.44. The lowest BCUT2D eigenvalue weighted by atomic mass is 9.53. The third kappa shape index (κ3) is 5.90. The summed E-state index contributed by atoms with van der Waals surface area (Å²) in [6.45, 7) is 17.0. The number of hydrogen-bond acceptors (Lipinski definition) is 1. The van der Waals surface area contributed by atoms with Gasteiger partial charge in [-0.1, -0.05) is 134 Å². The first-order valence-electron chi connectivity index (χ1n) is 15.3. The summed E-state index contributed by atoms with van der Waals surface area (Å²) >= 11 is 0. The van der Waals surface area contributed by atoms with Crippen molar-refractivity contribution in [2.75, 3.05) is 4.90 Å². The number of rotatable bonds is 12. The molecule has 0 saturated heterocycles. The van der Waals surface area contributed by atoms with E-state index in [4.69, 9.17) is 0 Å². The minimum absolute atomic E-state index is 0.0484. The third-order valence-corrected chi connectivity index (χ3v) is 10.4. The molecular weight excluding hydrogens is 482 g/mol. The standard InChI is InChI=1S/C39H49N/c1-8-37(5,9-2)30-39(7,38(6,10-3)11-4)33-21-18-24-36(29-33)40(34-22-16-13-17-23-34)35-27-25-32(26-28-35)31-19-14-12-15-20-31/h12-29H,8-11,30H2,1-7H3. The van der Waals surface area contributed by atoms with Crippen LogP contribution < -0.4 is 4.90 Å². The average molecular weight is 532 g/mol. The van der Waals surface area contributed by atoms with Crippen LogP contribution in [-0.4, -0.2) is 0 Å². The van der Waals surface area contributed by atoms with E-state index in [2.05, 4.69) is 163 Å². The molecule has 0 aliphatic heterocycles. The van der Waals surface area contributed by atoms with Gasteiger partial charge < -0.3 is 4.90 Å². The molecule has 0 fully saturated rings. The Labute approximate surface area is 244 Å². The van der Waals surface area contributed by atoms with Gasteiger partial charge in [-0.3, -0.25) is 0 Å².